The summed E-state index contributed by atoms with van der Waals surface area (Å²) in [5, 5.41) is 15.9. The van der Waals surface area contributed by atoms with Gasteiger partial charge in [0.15, 0.2) is 0 Å². The molecule has 10 aromatic rings. The normalized spacial score (nSPS) is 11.6. The molecule has 4 nitrogen and oxygen atoms in total. The van der Waals surface area contributed by atoms with Gasteiger partial charge in [-0.05, 0) is 76.9 Å². The number of fused-ring (bicyclic) bond motifs is 7. The second kappa shape index (κ2) is 11.1. The van der Waals surface area contributed by atoms with Gasteiger partial charge in [0.2, 0.25) is 0 Å². The molecule has 0 aliphatic rings. The Bertz CT molecular complexity index is 2980. The molecule has 0 fully saturated rings. The molecule has 4 heteroatoms. The standard InChI is InChI=1S/C46H28N4/c47-29-34-28-46(48-41-26-32(19-22-36(34)41)30-11-3-1-4-12-30)50-43-18-10-8-16-38(43)40-25-31(21-24-44(40)50)33-20-23-39-37-15-7-9-17-42(37)49(45(39)27-33)35-13-5-2-6-14-35/h1-28H. The lowest BCUT2D eigenvalue weighted by Crippen LogP contribution is -1.99. The van der Waals surface area contributed by atoms with Crippen LogP contribution in [0.15, 0.2) is 170 Å². The Morgan fingerprint density at radius 2 is 0.960 bits per heavy atom. The zero-order valence-corrected chi connectivity index (χ0v) is 27.0. The lowest BCUT2D eigenvalue weighted by molar-refractivity contribution is 1.10. The van der Waals surface area contributed by atoms with Crippen molar-refractivity contribution in [2.24, 2.45) is 0 Å². The van der Waals surface area contributed by atoms with Crippen molar-refractivity contribution in [2.45, 2.75) is 0 Å². The molecule has 0 bridgehead atoms. The summed E-state index contributed by atoms with van der Waals surface area (Å²) in [5.41, 5.74) is 11.5. The lowest BCUT2D eigenvalue weighted by Gasteiger charge is -2.11. The van der Waals surface area contributed by atoms with E-state index in [1.165, 1.54) is 21.8 Å². The zero-order chi connectivity index (χ0) is 33.2. The number of para-hydroxylation sites is 3. The molecular formula is C46H28N4. The van der Waals surface area contributed by atoms with Gasteiger partial charge < -0.3 is 4.57 Å². The van der Waals surface area contributed by atoms with Crippen LogP contribution in [0.3, 0.4) is 0 Å². The summed E-state index contributed by atoms with van der Waals surface area (Å²) in [6, 6.07) is 62.0. The lowest BCUT2D eigenvalue weighted by atomic mass is 10.0. The van der Waals surface area contributed by atoms with Crippen LogP contribution in [0, 0.1) is 11.3 Å². The van der Waals surface area contributed by atoms with Gasteiger partial charge in [-0.15, -0.1) is 0 Å². The van der Waals surface area contributed by atoms with E-state index in [-0.39, 0.29) is 0 Å². The number of hydrogen-bond donors (Lipinski definition) is 0. The van der Waals surface area contributed by atoms with Crippen LogP contribution in [-0.4, -0.2) is 14.1 Å². The fourth-order valence-electron chi connectivity index (χ4n) is 7.64. The van der Waals surface area contributed by atoms with Crippen LogP contribution in [-0.2, 0) is 0 Å². The van der Waals surface area contributed by atoms with Gasteiger partial charge in [-0.3, -0.25) is 4.57 Å². The van der Waals surface area contributed by atoms with E-state index >= 15 is 0 Å². The average Bonchev–Trinajstić information content (AvgIpc) is 3.70. The third-order valence-electron chi connectivity index (χ3n) is 9.95. The minimum atomic E-state index is 0.606. The number of nitriles is 1. The highest BCUT2D eigenvalue weighted by atomic mass is 15.1. The first-order valence-corrected chi connectivity index (χ1v) is 16.8. The maximum absolute atomic E-state index is 10.3. The molecule has 0 amide bonds. The molecule has 0 N–H and O–H groups in total. The molecule has 50 heavy (non-hydrogen) atoms. The molecule has 0 aliphatic carbocycles. The van der Waals surface area contributed by atoms with Crippen molar-refractivity contribution < 1.29 is 0 Å². The first-order valence-electron chi connectivity index (χ1n) is 16.8. The molecule has 0 radical (unpaired) electrons. The molecule has 0 atom stereocenters. The third-order valence-corrected chi connectivity index (χ3v) is 9.95. The van der Waals surface area contributed by atoms with Crippen LogP contribution < -0.4 is 0 Å². The number of nitrogens with zero attached hydrogens (tertiary/aromatic N) is 4. The minimum absolute atomic E-state index is 0.606. The number of hydrogen-bond acceptors (Lipinski definition) is 2. The molecule has 0 unspecified atom stereocenters. The fraction of sp³-hybridized carbons (Fsp3) is 0. The fourth-order valence-corrected chi connectivity index (χ4v) is 7.64. The van der Waals surface area contributed by atoms with Crippen molar-refractivity contribution >= 4 is 54.5 Å². The van der Waals surface area contributed by atoms with Crippen molar-refractivity contribution in [3.05, 3.63) is 175 Å². The van der Waals surface area contributed by atoms with Gasteiger partial charge in [0.1, 0.15) is 5.82 Å². The van der Waals surface area contributed by atoms with Crippen LogP contribution >= 0.6 is 0 Å². The molecule has 7 aromatic carbocycles. The van der Waals surface area contributed by atoms with Crippen molar-refractivity contribution in [1.29, 1.82) is 5.26 Å². The van der Waals surface area contributed by atoms with E-state index in [1.807, 2.05) is 30.3 Å². The second-order valence-corrected chi connectivity index (χ2v) is 12.7. The average molecular weight is 637 g/mol. The van der Waals surface area contributed by atoms with Crippen LogP contribution in [0.1, 0.15) is 5.56 Å². The Balaban J connectivity index is 1.17. The van der Waals surface area contributed by atoms with Crippen LogP contribution in [0.4, 0.5) is 0 Å². The Morgan fingerprint density at radius 1 is 0.400 bits per heavy atom. The molecule has 0 spiro atoms. The summed E-state index contributed by atoms with van der Waals surface area (Å²) in [6.07, 6.45) is 0. The number of pyridine rings is 1. The SMILES string of the molecule is N#Cc1cc(-n2c3ccccc3c3cc(-c4ccc5c6ccccc6n(-c6ccccc6)c5c4)ccc32)nc2cc(-c3ccccc3)ccc12. The van der Waals surface area contributed by atoms with E-state index in [2.05, 4.69) is 155 Å². The molecule has 10 rings (SSSR count). The van der Waals surface area contributed by atoms with Crippen LogP contribution in [0.5, 0.6) is 0 Å². The summed E-state index contributed by atoms with van der Waals surface area (Å²) in [7, 11) is 0. The van der Waals surface area contributed by atoms with Gasteiger partial charge in [-0.25, -0.2) is 4.98 Å². The van der Waals surface area contributed by atoms with E-state index in [0.717, 1.165) is 66.5 Å². The van der Waals surface area contributed by atoms with E-state index in [1.54, 1.807) is 0 Å². The molecule has 0 saturated heterocycles. The summed E-state index contributed by atoms with van der Waals surface area (Å²) in [6.45, 7) is 0. The molecule has 232 valence electrons. The Kier molecular flexibility index (Phi) is 6.21. The Labute approximate surface area is 288 Å². The van der Waals surface area contributed by atoms with Crippen molar-refractivity contribution in [3.63, 3.8) is 0 Å². The summed E-state index contributed by atoms with van der Waals surface area (Å²) >= 11 is 0. The maximum atomic E-state index is 10.3. The van der Waals surface area contributed by atoms with Crippen molar-refractivity contribution in [3.8, 4) is 39.8 Å². The molecule has 3 aromatic heterocycles. The van der Waals surface area contributed by atoms with E-state index in [4.69, 9.17) is 4.98 Å². The number of benzene rings is 7. The minimum Gasteiger partial charge on any atom is -0.309 e. The van der Waals surface area contributed by atoms with E-state index < -0.39 is 0 Å². The Morgan fingerprint density at radius 3 is 1.72 bits per heavy atom. The summed E-state index contributed by atoms with van der Waals surface area (Å²) in [4.78, 5) is 5.20. The van der Waals surface area contributed by atoms with E-state index in [9.17, 15) is 5.26 Å². The molecule has 0 aliphatic heterocycles. The van der Waals surface area contributed by atoms with Gasteiger partial charge in [0, 0.05) is 32.6 Å². The highest BCUT2D eigenvalue weighted by Gasteiger charge is 2.18. The summed E-state index contributed by atoms with van der Waals surface area (Å²) in [5.74, 6) is 0.729. The predicted octanol–water partition coefficient (Wildman–Crippen LogP) is 11.6. The topological polar surface area (TPSA) is 46.5 Å². The van der Waals surface area contributed by atoms with Crippen LogP contribution in [0.2, 0.25) is 0 Å². The van der Waals surface area contributed by atoms with Gasteiger partial charge in [-0.1, -0.05) is 115 Å². The molecular weight excluding hydrogens is 609 g/mol. The van der Waals surface area contributed by atoms with Gasteiger partial charge in [-0.2, -0.15) is 5.26 Å². The highest BCUT2D eigenvalue weighted by molar-refractivity contribution is 6.12. The number of rotatable bonds is 4. The van der Waals surface area contributed by atoms with Crippen molar-refractivity contribution in [1.82, 2.24) is 14.1 Å². The quantitative estimate of drug-likeness (QED) is 0.193. The van der Waals surface area contributed by atoms with Gasteiger partial charge >= 0.3 is 0 Å². The van der Waals surface area contributed by atoms with Gasteiger partial charge in [0.05, 0.1) is 39.2 Å². The predicted molar refractivity (Wildman–Crippen MR) is 206 cm³/mol. The third kappa shape index (κ3) is 4.28. The smallest absolute Gasteiger partial charge is 0.139 e. The number of aromatic nitrogens is 3. The molecule has 0 saturated carbocycles. The van der Waals surface area contributed by atoms with Crippen molar-refractivity contribution in [2.75, 3.05) is 0 Å². The highest BCUT2D eigenvalue weighted by Crippen LogP contribution is 2.38. The largest absolute Gasteiger partial charge is 0.309 e. The van der Waals surface area contributed by atoms with Gasteiger partial charge in [0.25, 0.3) is 0 Å². The first kappa shape index (κ1) is 28.1. The first-order chi connectivity index (χ1) is 24.7. The van der Waals surface area contributed by atoms with E-state index in [0.29, 0.717) is 5.56 Å². The Hall–Kier alpha value is -6.96. The molecule has 3 heterocycles. The maximum Gasteiger partial charge on any atom is 0.139 e. The van der Waals surface area contributed by atoms with Crippen LogP contribution in [0.25, 0.3) is 88.3 Å². The second-order valence-electron chi connectivity index (χ2n) is 12.7. The zero-order valence-electron chi connectivity index (χ0n) is 27.0. The summed E-state index contributed by atoms with van der Waals surface area (Å²) < 4.78 is 4.56. The monoisotopic (exact) mass is 636 g/mol.